The zero-order valence-corrected chi connectivity index (χ0v) is 19.3. The molecule has 2 aromatic rings. The number of pyridine rings is 1. The Balaban J connectivity index is 1.14. The van der Waals surface area contributed by atoms with Crippen molar-refractivity contribution in [1.29, 1.82) is 0 Å². The zero-order chi connectivity index (χ0) is 23.8. The fraction of sp³-hybridized carbons (Fsp3) is 0.440. The Morgan fingerprint density at radius 2 is 1.68 bits per heavy atom. The lowest BCUT2D eigenvalue weighted by atomic mass is 10.1. The summed E-state index contributed by atoms with van der Waals surface area (Å²) in [5.74, 6) is 0.872. The number of nitrogens with zero attached hydrogens (tertiary/aromatic N) is 3. The molecule has 1 aromatic carbocycles. The Morgan fingerprint density at radius 3 is 2.35 bits per heavy atom. The van der Waals surface area contributed by atoms with Crippen molar-refractivity contribution in [3.05, 3.63) is 54.2 Å². The predicted octanol–water partition coefficient (Wildman–Crippen LogP) is 2.61. The van der Waals surface area contributed by atoms with Crippen molar-refractivity contribution in [1.82, 2.24) is 20.5 Å². The number of carbonyl (C=O) groups is 3. The van der Waals surface area contributed by atoms with Gasteiger partial charge in [-0.3, -0.25) is 9.59 Å². The number of aromatic nitrogens is 1. The van der Waals surface area contributed by atoms with Gasteiger partial charge in [0, 0.05) is 62.6 Å². The van der Waals surface area contributed by atoms with E-state index in [4.69, 9.17) is 0 Å². The summed E-state index contributed by atoms with van der Waals surface area (Å²) >= 11 is 0. The summed E-state index contributed by atoms with van der Waals surface area (Å²) in [6, 6.07) is 12.5. The standard InChI is InChI=1S/C25H32N6O3/c32-23(31-17-15-30(16-18-31)22-7-3-4-13-26-22)12-14-27-25(34)29-21-10-8-19(9-11-21)24(33)28-20-5-1-2-6-20/h3-4,7-11,13,20H,1-2,5-6,12,14-18H2,(H,28,33)(H2,27,29,34). The highest BCUT2D eigenvalue weighted by molar-refractivity contribution is 5.95. The fourth-order valence-corrected chi connectivity index (χ4v) is 4.39. The van der Waals surface area contributed by atoms with Crippen LogP contribution in [0.4, 0.5) is 16.3 Å². The molecule has 2 aliphatic rings. The number of rotatable bonds is 7. The average molecular weight is 465 g/mol. The molecule has 0 bridgehead atoms. The molecule has 3 N–H and O–H groups in total. The number of benzene rings is 1. The van der Waals surface area contributed by atoms with Crippen LogP contribution in [0.2, 0.25) is 0 Å². The molecule has 9 heteroatoms. The molecule has 0 unspecified atom stereocenters. The van der Waals surface area contributed by atoms with Gasteiger partial charge in [-0.2, -0.15) is 0 Å². The lowest BCUT2D eigenvalue weighted by molar-refractivity contribution is -0.131. The molecule has 0 spiro atoms. The van der Waals surface area contributed by atoms with Crippen LogP contribution >= 0.6 is 0 Å². The summed E-state index contributed by atoms with van der Waals surface area (Å²) in [5.41, 5.74) is 1.17. The Kier molecular flexibility index (Phi) is 7.95. The number of urea groups is 1. The summed E-state index contributed by atoms with van der Waals surface area (Å²) in [7, 11) is 0. The summed E-state index contributed by atoms with van der Waals surface area (Å²) in [6.07, 6.45) is 6.42. The van der Waals surface area contributed by atoms with Gasteiger partial charge in [-0.1, -0.05) is 18.9 Å². The number of anilines is 2. The van der Waals surface area contributed by atoms with E-state index in [1.54, 1.807) is 30.5 Å². The number of amides is 4. The first-order chi connectivity index (χ1) is 16.6. The van der Waals surface area contributed by atoms with E-state index in [1.807, 2.05) is 23.1 Å². The fourth-order valence-electron chi connectivity index (χ4n) is 4.39. The number of hydrogen-bond donors (Lipinski definition) is 3. The summed E-state index contributed by atoms with van der Waals surface area (Å²) in [4.78, 5) is 45.3. The maximum absolute atomic E-state index is 12.5. The van der Waals surface area contributed by atoms with Crippen LogP contribution in [0.3, 0.4) is 0 Å². The molecule has 34 heavy (non-hydrogen) atoms. The minimum Gasteiger partial charge on any atom is -0.353 e. The summed E-state index contributed by atoms with van der Waals surface area (Å²) in [6.45, 7) is 3.02. The SMILES string of the molecule is O=C(NCCC(=O)N1CCN(c2ccccn2)CC1)Nc1ccc(C(=O)NC2CCCC2)cc1. The molecule has 1 aliphatic heterocycles. The van der Waals surface area contributed by atoms with Crippen LogP contribution in [-0.4, -0.2) is 66.5 Å². The minimum absolute atomic E-state index is 0.0265. The van der Waals surface area contributed by atoms with Gasteiger partial charge in [0.2, 0.25) is 5.91 Å². The van der Waals surface area contributed by atoms with Crippen LogP contribution in [0, 0.1) is 0 Å². The highest BCUT2D eigenvalue weighted by atomic mass is 16.2. The van der Waals surface area contributed by atoms with Gasteiger partial charge in [-0.25, -0.2) is 9.78 Å². The molecule has 2 heterocycles. The van der Waals surface area contributed by atoms with Gasteiger partial charge in [0.1, 0.15) is 5.82 Å². The Bertz CT molecular complexity index is 968. The lowest BCUT2D eigenvalue weighted by Gasteiger charge is -2.35. The van der Waals surface area contributed by atoms with E-state index in [9.17, 15) is 14.4 Å². The van der Waals surface area contributed by atoms with Gasteiger partial charge >= 0.3 is 6.03 Å². The van der Waals surface area contributed by atoms with Gasteiger partial charge in [-0.05, 0) is 49.2 Å². The van der Waals surface area contributed by atoms with Crippen molar-refractivity contribution in [2.45, 2.75) is 38.1 Å². The monoisotopic (exact) mass is 464 g/mol. The number of hydrogen-bond acceptors (Lipinski definition) is 5. The maximum atomic E-state index is 12.5. The zero-order valence-electron chi connectivity index (χ0n) is 19.3. The maximum Gasteiger partial charge on any atom is 0.319 e. The predicted molar refractivity (Wildman–Crippen MR) is 131 cm³/mol. The molecule has 4 amide bonds. The molecule has 4 rings (SSSR count). The molecular weight excluding hydrogens is 432 g/mol. The van der Waals surface area contributed by atoms with Gasteiger partial charge in [0.15, 0.2) is 0 Å². The van der Waals surface area contributed by atoms with Crippen LogP contribution < -0.4 is 20.9 Å². The number of nitrogens with one attached hydrogen (secondary N) is 3. The molecule has 0 atom stereocenters. The molecule has 0 radical (unpaired) electrons. The van der Waals surface area contributed by atoms with Crippen molar-refractivity contribution in [2.24, 2.45) is 0 Å². The smallest absolute Gasteiger partial charge is 0.319 e. The average Bonchev–Trinajstić information content (AvgIpc) is 3.38. The molecule has 2 fully saturated rings. The lowest BCUT2D eigenvalue weighted by Crippen LogP contribution is -2.49. The van der Waals surface area contributed by atoms with Crippen LogP contribution in [0.25, 0.3) is 0 Å². The second kappa shape index (κ2) is 11.5. The molecule has 180 valence electrons. The van der Waals surface area contributed by atoms with Crippen molar-refractivity contribution in [3.8, 4) is 0 Å². The van der Waals surface area contributed by atoms with E-state index in [-0.39, 0.29) is 36.9 Å². The second-order valence-electron chi connectivity index (χ2n) is 8.72. The summed E-state index contributed by atoms with van der Waals surface area (Å²) < 4.78 is 0. The molecule has 9 nitrogen and oxygen atoms in total. The van der Waals surface area contributed by atoms with Crippen molar-refractivity contribution in [3.63, 3.8) is 0 Å². The van der Waals surface area contributed by atoms with E-state index >= 15 is 0 Å². The Morgan fingerprint density at radius 1 is 0.941 bits per heavy atom. The highest BCUT2D eigenvalue weighted by Gasteiger charge is 2.21. The van der Waals surface area contributed by atoms with E-state index in [0.29, 0.717) is 24.3 Å². The largest absolute Gasteiger partial charge is 0.353 e. The van der Waals surface area contributed by atoms with Crippen LogP contribution in [0.15, 0.2) is 48.7 Å². The first-order valence-electron chi connectivity index (χ1n) is 12.0. The normalized spacial score (nSPS) is 16.2. The van der Waals surface area contributed by atoms with Crippen LogP contribution in [0.5, 0.6) is 0 Å². The van der Waals surface area contributed by atoms with Gasteiger partial charge in [0.25, 0.3) is 5.91 Å². The summed E-state index contributed by atoms with van der Waals surface area (Å²) in [5, 5.41) is 8.51. The van der Waals surface area contributed by atoms with Crippen molar-refractivity contribution < 1.29 is 14.4 Å². The molecule has 1 aromatic heterocycles. The highest BCUT2D eigenvalue weighted by Crippen LogP contribution is 2.18. The van der Waals surface area contributed by atoms with Gasteiger partial charge in [0.05, 0.1) is 0 Å². The van der Waals surface area contributed by atoms with E-state index in [1.165, 1.54) is 0 Å². The third-order valence-corrected chi connectivity index (χ3v) is 6.33. The minimum atomic E-state index is -0.379. The Hall–Kier alpha value is -3.62. The molecular formula is C25H32N6O3. The van der Waals surface area contributed by atoms with E-state index in [2.05, 4.69) is 25.8 Å². The Labute approximate surface area is 199 Å². The first kappa shape index (κ1) is 23.5. The van der Waals surface area contributed by atoms with Crippen molar-refractivity contribution in [2.75, 3.05) is 42.9 Å². The topological polar surface area (TPSA) is 107 Å². The molecule has 1 saturated carbocycles. The third kappa shape index (κ3) is 6.46. The first-order valence-corrected chi connectivity index (χ1v) is 12.0. The van der Waals surface area contributed by atoms with Gasteiger partial charge in [-0.15, -0.1) is 0 Å². The van der Waals surface area contributed by atoms with Crippen LogP contribution in [0.1, 0.15) is 42.5 Å². The van der Waals surface area contributed by atoms with E-state index < -0.39 is 0 Å². The molecule has 1 aliphatic carbocycles. The second-order valence-corrected chi connectivity index (χ2v) is 8.72. The molecule has 1 saturated heterocycles. The third-order valence-electron chi connectivity index (χ3n) is 6.33. The van der Waals surface area contributed by atoms with E-state index in [0.717, 1.165) is 44.6 Å². The van der Waals surface area contributed by atoms with Crippen molar-refractivity contribution >= 4 is 29.4 Å². The van der Waals surface area contributed by atoms with Gasteiger partial charge < -0.3 is 25.8 Å². The van der Waals surface area contributed by atoms with Crippen LogP contribution in [-0.2, 0) is 4.79 Å². The number of piperazine rings is 1. The quantitative estimate of drug-likeness (QED) is 0.584. The number of carbonyl (C=O) groups excluding carboxylic acids is 3.